The first-order valence-electron chi connectivity index (χ1n) is 9.05. The van der Waals surface area contributed by atoms with Crippen LogP contribution in [-0.2, 0) is 4.79 Å². The number of rotatable bonds is 5. The van der Waals surface area contributed by atoms with Gasteiger partial charge in [-0.2, -0.15) is 0 Å². The number of pyridine rings is 1. The van der Waals surface area contributed by atoms with Crippen LogP contribution in [0.3, 0.4) is 0 Å². The van der Waals surface area contributed by atoms with Crippen molar-refractivity contribution >= 4 is 5.91 Å². The summed E-state index contributed by atoms with van der Waals surface area (Å²) in [5.41, 5.74) is 2.09. The van der Waals surface area contributed by atoms with Gasteiger partial charge in [-0.1, -0.05) is 55.2 Å². The van der Waals surface area contributed by atoms with Gasteiger partial charge in [-0.25, -0.2) is 0 Å². The molecule has 1 unspecified atom stereocenters. The summed E-state index contributed by atoms with van der Waals surface area (Å²) in [7, 11) is 0. The number of amides is 1. The molecule has 1 aliphatic rings. The molecular formula is C21H26N2O2. The van der Waals surface area contributed by atoms with Gasteiger partial charge in [-0.05, 0) is 37.5 Å². The molecule has 4 nitrogen and oxygen atoms in total. The molecule has 0 saturated heterocycles. The molecule has 4 heteroatoms. The summed E-state index contributed by atoms with van der Waals surface area (Å²) in [6.45, 7) is 2.03. The van der Waals surface area contributed by atoms with Crippen LogP contribution in [0.2, 0.25) is 0 Å². The number of hydrogen-bond acceptors (Lipinski definition) is 3. The zero-order valence-corrected chi connectivity index (χ0v) is 14.7. The number of aryl methyl sites for hydroxylation is 1. The topological polar surface area (TPSA) is 62.2 Å². The van der Waals surface area contributed by atoms with Gasteiger partial charge in [0.15, 0.2) is 0 Å². The zero-order chi connectivity index (χ0) is 17.7. The number of nitrogens with zero attached hydrogens (tertiary/aromatic N) is 1. The Hall–Kier alpha value is -2.20. The predicted octanol–water partition coefficient (Wildman–Crippen LogP) is 3.68. The van der Waals surface area contributed by atoms with Crippen molar-refractivity contribution in [2.24, 2.45) is 0 Å². The maximum atomic E-state index is 12.7. The summed E-state index contributed by atoms with van der Waals surface area (Å²) < 4.78 is 0. The lowest BCUT2D eigenvalue weighted by Gasteiger charge is -2.32. The molecule has 1 aromatic heterocycles. The molecular weight excluding hydrogens is 312 g/mol. The number of carbonyl (C=O) groups is 1. The van der Waals surface area contributed by atoms with E-state index in [1.807, 2.05) is 43.3 Å². The summed E-state index contributed by atoms with van der Waals surface area (Å²) in [4.78, 5) is 17.1. The van der Waals surface area contributed by atoms with Gasteiger partial charge in [-0.3, -0.25) is 9.78 Å². The normalized spacial score (nSPS) is 17.7. The minimum absolute atomic E-state index is 0.124. The molecule has 1 aromatic carbocycles. The van der Waals surface area contributed by atoms with E-state index >= 15 is 0 Å². The Morgan fingerprint density at radius 3 is 2.68 bits per heavy atom. The predicted molar refractivity (Wildman–Crippen MR) is 98.1 cm³/mol. The zero-order valence-electron chi connectivity index (χ0n) is 14.7. The molecule has 1 atom stereocenters. The van der Waals surface area contributed by atoms with Gasteiger partial charge in [0, 0.05) is 6.20 Å². The molecule has 1 aliphatic carbocycles. The molecule has 1 heterocycles. The number of carbonyl (C=O) groups excluding carboxylic acids is 1. The van der Waals surface area contributed by atoms with E-state index in [-0.39, 0.29) is 18.4 Å². The largest absolute Gasteiger partial charge is 0.389 e. The molecule has 2 aromatic rings. The highest BCUT2D eigenvalue weighted by atomic mass is 16.3. The maximum Gasteiger partial charge on any atom is 0.223 e. The van der Waals surface area contributed by atoms with Crippen LogP contribution in [0.15, 0.2) is 48.7 Å². The van der Waals surface area contributed by atoms with E-state index in [4.69, 9.17) is 0 Å². The maximum absolute atomic E-state index is 12.7. The first kappa shape index (κ1) is 17.6. The average molecular weight is 338 g/mol. The number of hydrogen-bond donors (Lipinski definition) is 2. The monoisotopic (exact) mass is 338 g/mol. The number of nitrogens with one attached hydrogen (secondary N) is 1. The van der Waals surface area contributed by atoms with Crippen molar-refractivity contribution < 1.29 is 9.90 Å². The fourth-order valence-corrected chi connectivity index (χ4v) is 3.62. The summed E-state index contributed by atoms with van der Waals surface area (Å²) in [6, 6.07) is 13.5. The SMILES string of the molecule is Cc1cccc(C(NC(=O)CC2(O)CCCCC2)c2ccccn2)c1. The highest BCUT2D eigenvalue weighted by Gasteiger charge is 2.32. The molecule has 1 fully saturated rings. The summed E-state index contributed by atoms with van der Waals surface area (Å²) in [6.07, 6.45) is 6.43. The lowest BCUT2D eigenvalue weighted by atomic mass is 9.82. The van der Waals surface area contributed by atoms with E-state index in [1.165, 1.54) is 0 Å². The molecule has 0 bridgehead atoms. The van der Waals surface area contributed by atoms with Crippen molar-refractivity contribution in [3.05, 3.63) is 65.5 Å². The molecule has 0 radical (unpaired) electrons. The standard InChI is InChI=1S/C21H26N2O2/c1-16-8-7-9-17(14-16)20(18-10-3-6-13-22-18)23-19(24)15-21(25)11-4-2-5-12-21/h3,6-10,13-14,20,25H,2,4-5,11-12,15H2,1H3,(H,23,24). The highest BCUT2D eigenvalue weighted by molar-refractivity contribution is 5.78. The quantitative estimate of drug-likeness (QED) is 0.874. The highest BCUT2D eigenvalue weighted by Crippen LogP contribution is 2.31. The first-order valence-corrected chi connectivity index (χ1v) is 9.05. The average Bonchev–Trinajstić information content (AvgIpc) is 2.60. The van der Waals surface area contributed by atoms with Gasteiger partial charge in [0.05, 0.1) is 23.8 Å². The molecule has 25 heavy (non-hydrogen) atoms. The van der Waals surface area contributed by atoms with E-state index in [2.05, 4.69) is 16.4 Å². The van der Waals surface area contributed by atoms with Gasteiger partial charge >= 0.3 is 0 Å². The van der Waals surface area contributed by atoms with Gasteiger partial charge < -0.3 is 10.4 Å². The molecule has 1 saturated carbocycles. The van der Waals surface area contributed by atoms with E-state index < -0.39 is 5.60 Å². The summed E-state index contributed by atoms with van der Waals surface area (Å²) in [5.74, 6) is -0.124. The minimum Gasteiger partial charge on any atom is -0.389 e. The molecule has 3 rings (SSSR count). The third-order valence-electron chi connectivity index (χ3n) is 4.94. The van der Waals surface area contributed by atoms with Crippen LogP contribution in [0.1, 0.15) is 61.4 Å². The fourth-order valence-electron chi connectivity index (χ4n) is 3.62. The molecule has 0 spiro atoms. The lowest BCUT2D eigenvalue weighted by molar-refractivity contribution is -0.128. The van der Waals surface area contributed by atoms with E-state index in [9.17, 15) is 9.90 Å². The third-order valence-corrected chi connectivity index (χ3v) is 4.94. The van der Waals surface area contributed by atoms with E-state index in [0.29, 0.717) is 12.8 Å². The number of aromatic nitrogens is 1. The fraction of sp³-hybridized carbons (Fsp3) is 0.429. The lowest BCUT2D eigenvalue weighted by Crippen LogP contribution is -2.40. The van der Waals surface area contributed by atoms with E-state index in [1.54, 1.807) is 6.20 Å². The Morgan fingerprint density at radius 2 is 2.00 bits per heavy atom. The van der Waals surface area contributed by atoms with Crippen LogP contribution in [0.5, 0.6) is 0 Å². The van der Waals surface area contributed by atoms with Gasteiger partial charge in [0.1, 0.15) is 0 Å². The van der Waals surface area contributed by atoms with Crippen LogP contribution >= 0.6 is 0 Å². The smallest absolute Gasteiger partial charge is 0.223 e. The number of benzene rings is 1. The van der Waals surface area contributed by atoms with Crippen molar-refractivity contribution in [1.82, 2.24) is 10.3 Å². The Balaban J connectivity index is 1.79. The Labute approximate surface area is 149 Å². The van der Waals surface area contributed by atoms with Crippen LogP contribution < -0.4 is 5.32 Å². The van der Waals surface area contributed by atoms with Crippen molar-refractivity contribution in [2.75, 3.05) is 0 Å². The molecule has 1 amide bonds. The van der Waals surface area contributed by atoms with Gasteiger partial charge in [-0.15, -0.1) is 0 Å². The first-order chi connectivity index (χ1) is 12.1. The molecule has 2 N–H and O–H groups in total. The second kappa shape index (κ2) is 7.79. The molecule has 0 aliphatic heterocycles. The summed E-state index contributed by atoms with van der Waals surface area (Å²) >= 11 is 0. The third kappa shape index (κ3) is 4.67. The Morgan fingerprint density at radius 1 is 1.20 bits per heavy atom. The minimum atomic E-state index is -0.858. The van der Waals surface area contributed by atoms with Crippen molar-refractivity contribution in [2.45, 2.75) is 57.1 Å². The van der Waals surface area contributed by atoms with Gasteiger partial charge in [0.25, 0.3) is 0 Å². The summed E-state index contributed by atoms with van der Waals surface area (Å²) in [5, 5.41) is 13.8. The van der Waals surface area contributed by atoms with E-state index in [0.717, 1.165) is 36.1 Å². The Bertz CT molecular complexity index is 709. The van der Waals surface area contributed by atoms with Crippen molar-refractivity contribution in [1.29, 1.82) is 0 Å². The number of aliphatic hydroxyl groups is 1. The van der Waals surface area contributed by atoms with Crippen LogP contribution in [-0.4, -0.2) is 21.6 Å². The second-order valence-corrected chi connectivity index (χ2v) is 7.13. The van der Waals surface area contributed by atoms with Crippen molar-refractivity contribution in [3.8, 4) is 0 Å². The van der Waals surface area contributed by atoms with Crippen LogP contribution in [0, 0.1) is 6.92 Å². The molecule has 132 valence electrons. The Kier molecular flexibility index (Phi) is 5.49. The van der Waals surface area contributed by atoms with Crippen LogP contribution in [0.4, 0.5) is 0 Å². The van der Waals surface area contributed by atoms with Crippen LogP contribution in [0.25, 0.3) is 0 Å². The second-order valence-electron chi connectivity index (χ2n) is 7.13. The van der Waals surface area contributed by atoms with Crippen molar-refractivity contribution in [3.63, 3.8) is 0 Å². The van der Waals surface area contributed by atoms with Gasteiger partial charge in [0.2, 0.25) is 5.91 Å².